The first-order valence-electron chi connectivity index (χ1n) is 7.39. The minimum atomic E-state index is -0.0140. The van der Waals surface area contributed by atoms with Crippen molar-refractivity contribution in [3.63, 3.8) is 0 Å². The Balaban J connectivity index is 2.48. The molecule has 1 heterocycles. The number of ketones is 1. The zero-order chi connectivity index (χ0) is 15.1. The van der Waals surface area contributed by atoms with Gasteiger partial charge in [0, 0.05) is 29.3 Å². The number of hydrogen-bond acceptors (Lipinski definition) is 3. The van der Waals surface area contributed by atoms with Crippen molar-refractivity contribution < 1.29 is 4.79 Å². The number of allylic oxidation sites excluding steroid dienone is 4. The van der Waals surface area contributed by atoms with E-state index in [0.29, 0.717) is 12.3 Å². The van der Waals surface area contributed by atoms with Crippen LogP contribution in [0.25, 0.3) is 0 Å². The van der Waals surface area contributed by atoms with E-state index >= 15 is 0 Å². The van der Waals surface area contributed by atoms with Gasteiger partial charge in [-0.3, -0.25) is 4.79 Å². The van der Waals surface area contributed by atoms with Crippen LogP contribution in [0.2, 0.25) is 0 Å². The molecule has 2 rings (SSSR count). The second-order valence-electron chi connectivity index (χ2n) is 7.29. The van der Waals surface area contributed by atoms with Crippen LogP contribution in [0.3, 0.4) is 0 Å². The first kappa shape index (κ1) is 14.8. The summed E-state index contributed by atoms with van der Waals surface area (Å²) in [7, 11) is 0. The molecule has 0 saturated carbocycles. The zero-order valence-corrected chi connectivity index (χ0v) is 13.1. The lowest BCUT2D eigenvalue weighted by molar-refractivity contribution is -0.118. The van der Waals surface area contributed by atoms with E-state index in [-0.39, 0.29) is 17.1 Å². The topological polar surface area (TPSA) is 52.9 Å². The van der Waals surface area contributed by atoms with Crippen molar-refractivity contribution in [1.82, 2.24) is 5.32 Å². The van der Waals surface area contributed by atoms with E-state index in [2.05, 4.69) is 39.1 Å². The van der Waals surface area contributed by atoms with Gasteiger partial charge < -0.3 is 5.32 Å². The highest BCUT2D eigenvalue weighted by atomic mass is 16.1. The van der Waals surface area contributed by atoms with Crippen molar-refractivity contribution in [3.8, 4) is 6.07 Å². The van der Waals surface area contributed by atoms with Gasteiger partial charge in [0.25, 0.3) is 0 Å². The third-order valence-corrected chi connectivity index (χ3v) is 4.19. The molecule has 0 bridgehead atoms. The molecule has 1 aliphatic carbocycles. The zero-order valence-electron chi connectivity index (χ0n) is 13.1. The summed E-state index contributed by atoms with van der Waals surface area (Å²) in [5.41, 5.74) is 3.59. The lowest BCUT2D eigenvalue weighted by atomic mass is 9.69. The number of dihydropyridines is 1. The quantitative estimate of drug-likeness (QED) is 0.834. The standard InChI is InChI=1S/C17H24N2O/c1-10(2)6-12-13(9-18)11(3)19-14-7-17(4,5)8-15(20)16(12)14/h10,12,19H,6-8H2,1-5H3. The molecule has 3 nitrogen and oxygen atoms in total. The molecule has 3 heteroatoms. The molecule has 108 valence electrons. The molecule has 20 heavy (non-hydrogen) atoms. The van der Waals surface area contributed by atoms with Crippen molar-refractivity contribution in [2.24, 2.45) is 17.3 Å². The summed E-state index contributed by atoms with van der Waals surface area (Å²) in [6.45, 7) is 10.5. The highest BCUT2D eigenvalue weighted by Crippen LogP contribution is 2.44. The highest BCUT2D eigenvalue weighted by Gasteiger charge is 2.40. The summed E-state index contributed by atoms with van der Waals surface area (Å²) in [6.07, 6.45) is 2.34. The van der Waals surface area contributed by atoms with Crippen LogP contribution in [0, 0.1) is 28.6 Å². The number of rotatable bonds is 2. The minimum Gasteiger partial charge on any atom is -0.361 e. The first-order chi connectivity index (χ1) is 9.25. The highest BCUT2D eigenvalue weighted by molar-refractivity contribution is 5.99. The van der Waals surface area contributed by atoms with Gasteiger partial charge in [0.05, 0.1) is 11.6 Å². The Morgan fingerprint density at radius 1 is 1.40 bits per heavy atom. The number of nitrogens with one attached hydrogen (secondary N) is 1. The number of nitrogens with zero attached hydrogens (tertiary/aromatic N) is 1. The molecule has 0 aromatic heterocycles. The Morgan fingerprint density at radius 2 is 2.05 bits per heavy atom. The molecular weight excluding hydrogens is 248 g/mol. The molecule has 1 N–H and O–H groups in total. The van der Waals surface area contributed by atoms with Crippen molar-refractivity contribution >= 4 is 5.78 Å². The van der Waals surface area contributed by atoms with E-state index in [1.165, 1.54) is 0 Å². The van der Waals surface area contributed by atoms with Crippen LogP contribution in [0.1, 0.15) is 53.9 Å². The summed E-state index contributed by atoms with van der Waals surface area (Å²) < 4.78 is 0. The van der Waals surface area contributed by atoms with Crippen molar-refractivity contribution in [3.05, 3.63) is 22.5 Å². The van der Waals surface area contributed by atoms with Crippen LogP contribution < -0.4 is 5.32 Å². The molecule has 0 amide bonds. The number of nitriles is 1. The van der Waals surface area contributed by atoms with Gasteiger partial charge in [0.1, 0.15) is 0 Å². The van der Waals surface area contributed by atoms with E-state index in [1.54, 1.807) is 0 Å². The lowest BCUT2D eigenvalue weighted by Crippen LogP contribution is -2.37. The Hall–Kier alpha value is -1.56. The first-order valence-corrected chi connectivity index (χ1v) is 7.39. The molecule has 2 aliphatic rings. The van der Waals surface area contributed by atoms with Crippen LogP contribution in [0.5, 0.6) is 0 Å². The molecule has 0 fully saturated rings. The predicted octanol–water partition coefficient (Wildman–Crippen LogP) is 3.69. The molecule has 0 aromatic carbocycles. The normalized spacial score (nSPS) is 25.4. The fourth-order valence-electron chi connectivity index (χ4n) is 3.42. The van der Waals surface area contributed by atoms with E-state index in [0.717, 1.165) is 35.4 Å². The third-order valence-electron chi connectivity index (χ3n) is 4.19. The van der Waals surface area contributed by atoms with E-state index in [4.69, 9.17) is 0 Å². The molecule has 1 atom stereocenters. The summed E-state index contributed by atoms with van der Waals surface area (Å²) in [5.74, 6) is 0.667. The average molecular weight is 272 g/mol. The number of Topliss-reactive ketones (excluding diaryl/α,β-unsaturated/α-hetero) is 1. The summed E-state index contributed by atoms with van der Waals surface area (Å²) in [5, 5.41) is 12.8. The lowest BCUT2D eigenvalue weighted by Gasteiger charge is -2.39. The van der Waals surface area contributed by atoms with Crippen molar-refractivity contribution in [2.45, 2.75) is 53.9 Å². The number of carbonyl (C=O) groups is 1. The van der Waals surface area contributed by atoms with Crippen molar-refractivity contribution in [1.29, 1.82) is 5.26 Å². The van der Waals surface area contributed by atoms with E-state index in [1.807, 2.05) is 6.92 Å². The van der Waals surface area contributed by atoms with Gasteiger partial charge in [-0.05, 0) is 31.1 Å². The van der Waals surface area contributed by atoms with Gasteiger partial charge in [-0.15, -0.1) is 0 Å². The smallest absolute Gasteiger partial charge is 0.161 e. The maximum atomic E-state index is 12.6. The molecule has 0 aromatic rings. The monoisotopic (exact) mass is 272 g/mol. The average Bonchev–Trinajstić information content (AvgIpc) is 2.25. The van der Waals surface area contributed by atoms with E-state index in [9.17, 15) is 10.1 Å². The second kappa shape index (κ2) is 5.09. The van der Waals surface area contributed by atoms with Crippen molar-refractivity contribution in [2.75, 3.05) is 0 Å². The SMILES string of the molecule is CC1=C(C#N)C(CC(C)C)C2=C(CC(C)(C)CC2=O)N1. The molecule has 0 spiro atoms. The Morgan fingerprint density at radius 3 is 2.60 bits per heavy atom. The van der Waals surface area contributed by atoms with Crippen LogP contribution in [-0.4, -0.2) is 5.78 Å². The fraction of sp³-hybridized carbons (Fsp3) is 0.647. The summed E-state index contributed by atoms with van der Waals surface area (Å²) in [6, 6.07) is 2.31. The van der Waals surface area contributed by atoms with Gasteiger partial charge in [-0.2, -0.15) is 5.26 Å². The fourth-order valence-corrected chi connectivity index (χ4v) is 3.42. The van der Waals surface area contributed by atoms with Crippen LogP contribution in [0.4, 0.5) is 0 Å². The number of carbonyl (C=O) groups excluding carboxylic acids is 1. The summed E-state index contributed by atoms with van der Waals surface area (Å²) >= 11 is 0. The Kier molecular flexibility index (Phi) is 3.77. The molecule has 0 saturated heterocycles. The largest absolute Gasteiger partial charge is 0.361 e. The van der Waals surface area contributed by atoms with Crippen LogP contribution in [0.15, 0.2) is 22.5 Å². The molecule has 1 unspecified atom stereocenters. The number of hydrogen-bond donors (Lipinski definition) is 1. The van der Waals surface area contributed by atoms with Crippen LogP contribution >= 0.6 is 0 Å². The van der Waals surface area contributed by atoms with Gasteiger partial charge >= 0.3 is 0 Å². The molecular formula is C17H24N2O. The summed E-state index contributed by atoms with van der Waals surface area (Å²) in [4.78, 5) is 12.6. The van der Waals surface area contributed by atoms with Crippen LogP contribution in [-0.2, 0) is 4.79 Å². The minimum absolute atomic E-state index is 0.00965. The maximum absolute atomic E-state index is 12.6. The van der Waals surface area contributed by atoms with Gasteiger partial charge in [0.15, 0.2) is 5.78 Å². The van der Waals surface area contributed by atoms with E-state index < -0.39 is 0 Å². The maximum Gasteiger partial charge on any atom is 0.161 e. The predicted molar refractivity (Wildman–Crippen MR) is 79.4 cm³/mol. The second-order valence-corrected chi connectivity index (χ2v) is 7.29. The Bertz CT molecular complexity index is 544. The molecule has 1 aliphatic heterocycles. The third kappa shape index (κ3) is 2.65. The molecule has 0 radical (unpaired) electrons. The van der Waals surface area contributed by atoms with Gasteiger partial charge in [-0.25, -0.2) is 0 Å². The Labute approximate surface area is 121 Å². The van der Waals surface area contributed by atoms with Gasteiger partial charge in [-0.1, -0.05) is 27.7 Å². The van der Waals surface area contributed by atoms with Gasteiger partial charge in [0.2, 0.25) is 0 Å².